The Morgan fingerprint density at radius 1 is 1.26 bits per heavy atom. The maximum Gasteiger partial charge on any atom is 0.225 e. The minimum Gasteiger partial charge on any atom is -0.352 e. The van der Waals surface area contributed by atoms with E-state index in [1.165, 1.54) is 7.05 Å². The lowest BCUT2D eigenvalue weighted by Gasteiger charge is -2.11. The Bertz CT molecular complexity index is 685. The van der Waals surface area contributed by atoms with Crippen LogP contribution in [0.5, 0.6) is 0 Å². The van der Waals surface area contributed by atoms with E-state index in [9.17, 15) is 18.0 Å². The van der Waals surface area contributed by atoms with Crippen LogP contribution in [-0.4, -0.2) is 45.8 Å². The van der Waals surface area contributed by atoms with Gasteiger partial charge in [0, 0.05) is 26.6 Å². The van der Waals surface area contributed by atoms with Gasteiger partial charge in [-0.05, 0) is 18.2 Å². The summed E-state index contributed by atoms with van der Waals surface area (Å²) in [5.41, 5.74) is 1.55. The minimum absolute atomic E-state index is 0.0137. The van der Waals surface area contributed by atoms with E-state index in [2.05, 4.69) is 10.0 Å². The normalized spacial score (nSPS) is 18.3. The van der Waals surface area contributed by atoms with Crippen molar-refractivity contribution in [2.24, 2.45) is 5.92 Å². The first kappa shape index (κ1) is 17.4. The number of carbonyl (C=O) groups excluding carboxylic acids is 2. The van der Waals surface area contributed by atoms with Gasteiger partial charge >= 0.3 is 0 Å². The van der Waals surface area contributed by atoms with Gasteiger partial charge in [0.15, 0.2) is 0 Å². The summed E-state index contributed by atoms with van der Waals surface area (Å²) in [6, 6.07) is 7.02. The highest BCUT2D eigenvalue weighted by Crippen LogP contribution is 2.16. The third-order valence-electron chi connectivity index (χ3n) is 3.87. The number of nitrogens with one attached hydrogen (secondary N) is 2. The fourth-order valence-corrected chi connectivity index (χ4v) is 3.19. The first-order valence-electron chi connectivity index (χ1n) is 7.31. The lowest BCUT2D eigenvalue weighted by atomic mass is 10.1. The second-order valence-electron chi connectivity index (χ2n) is 5.67. The lowest BCUT2D eigenvalue weighted by molar-refractivity contribution is -0.128. The maximum absolute atomic E-state index is 12.0. The Morgan fingerprint density at radius 3 is 2.39 bits per heavy atom. The van der Waals surface area contributed by atoms with Crippen molar-refractivity contribution in [2.75, 3.05) is 20.6 Å². The number of rotatable bonds is 6. The summed E-state index contributed by atoms with van der Waals surface area (Å²) in [5.74, 6) is -0.524. The van der Waals surface area contributed by atoms with Crippen LogP contribution in [0.25, 0.3) is 0 Å². The lowest BCUT2D eigenvalue weighted by Crippen LogP contribution is -2.31. The number of carbonyl (C=O) groups is 2. The molecule has 1 aromatic rings. The van der Waals surface area contributed by atoms with Crippen LogP contribution < -0.4 is 10.0 Å². The van der Waals surface area contributed by atoms with Crippen molar-refractivity contribution >= 4 is 21.8 Å². The number of benzene rings is 1. The molecule has 2 N–H and O–H groups in total. The van der Waals surface area contributed by atoms with Crippen molar-refractivity contribution in [2.45, 2.75) is 18.7 Å². The number of sulfonamides is 1. The van der Waals surface area contributed by atoms with Gasteiger partial charge in [0.25, 0.3) is 0 Å². The van der Waals surface area contributed by atoms with E-state index in [1.54, 1.807) is 36.2 Å². The average molecular weight is 339 g/mol. The molecule has 7 nitrogen and oxygen atoms in total. The highest BCUT2D eigenvalue weighted by Gasteiger charge is 2.31. The molecule has 1 fully saturated rings. The Hall–Kier alpha value is -1.93. The van der Waals surface area contributed by atoms with E-state index < -0.39 is 10.0 Å². The molecular weight excluding hydrogens is 318 g/mol. The summed E-state index contributed by atoms with van der Waals surface area (Å²) in [6.07, 6.45) is 0.253. The first-order valence-corrected chi connectivity index (χ1v) is 8.96. The highest BCUT2D eigenvalue weighted by atomic mass is 32.2. The summed E-state index contributed by atoms with van der Waals surface area (Å²) >= 11 is 0. The van der Waals surface area contributed by atoms with Gasteiger partial charge in [0.05, 0.1) is 11.7 Å². The molecule has 1 aliphatic heterocycles. The molecular formula is C15H21N3O4S. The van der Waals surface area contributed by atoms with Crippen LogP contribution in [0.2, 0.25) is 0 Å². The van der Waals surface area contributed by atoms with Gasteiger partial charge in [-0.3, -0.25) is 9.59 Å². The van der Waals surface area contributed by atoms with E-state index in [1.807, 2.05) is 0 Å². The predicted molar refractivity (Wildman–Crippen MR) is 85.7 cm³/mol. The van der Waals surface area contributed by atoms with E-state index in [0.29, 0.717) is 18.7 Å². The van der Waals surface area contributed by atoms with Crippen molar-refractivity contribution in [1.82, 2.24) is 14.9 Å². The van der Waals surface area contributed by atoms with Crippen molar-refractivity contribution in [3.63, 3.8) is 0 Å². The Labute approximate surface area is 136 Å². The van der Waals surface area contributed by atoms with E-state index in [-0.39, 0.29) is 29.9 Å². The number of amides is 2. The van der Waals surface area contributed by atoms with Crippen LogP contribution in [-0.2, 0) is 31.9 Å². The second kappa shape index (κ2) is 7.10. The molecule has 2 amide bonds. The van der Waals surface area contributed by atoms with Gasteiger partial charge < -0.3 is 10.2 Å². The largest absolute Gasteiger partial charge is 0.352 e. The SMILES string of the molecule is CNS(=O)(=O)Cc1ccc(CNC(=O)C2CC(=O)N(C)C2)cc1. The Kier molecular flexibility index (Phi) is 5.38. The van der Waals surface area contributed by atoms with Crippen LogP contribution in [0.1, 0.15) is 17.5 Å². The highest BCUT2D eigenvalue weighted by molar-refractivity contribution is 7.88. The average Bonchev–Trinajstić information content (AvgIpc) is 2.85. The number of hydrogen-bond donors (Lipinski definition) is 2. The zero-order chi connectivity index (χ0) is 17.0. The molecule has 23 heavy (non-hydrogen) atoms. The van der Waals surface area contributed by atoms with Crippen molar-refractivity contribution in [1.29, 1.82) is 0 Å². The second-order valence-corrected chi connectivity index (χ2v) is 7.60. The summed E-state index contributed by atoms with van der Waals surface area (Å²) in [4.78, 5) is 25.0. The molecule has 8 heteroatoms. The van der Waals surface area contributed by atoms with E-state index >= 15 is 0 Å². The zero-order valence-electron chi connectivity index (χ0n) is 13.2. The molecule has 1 aliphatic rings. The smallest absolute Gasteiger partial charge is 0.225 e. The van der Waals surface area contributed by atoms with Gasteiger partial charge in [-0.1, -0.05) is 24.3 Å². The topological polar surface area (TPSA) is 95.6 Å². The number of nitrogens with zero attached hydrogens (tertiary/aromatic N) is 1. The molecule has 1 aromatic carbocycles. The Morgan fingerprint density at radius 2 is 1.87 bits per heavy atom. The first-order chi connectivity index (χ1) is 10.8. The molecule has 0 radical (unpaired) electrons. The molecule has 0 aromatic heterocycles. The molecule has 0 spiro atoms. The minimum atomic E-state index is -3.29. The predicted octanol–water partition coefficient (Wildman–Crippen LogP) is -0.170. The van der Waals surface area contributed by atoms with Crippen molar-refractivity contribution < 1.29 is 18.0 Å². The van der Waals surface area contributed by atoms with Gasteiger partial charge in [-0.2, -0.15) is 0 Å². The van der Waals surface area contributed by atoms with Gasteiger partial charge in [0.2, 0.25) is 21.8 Å². The third kappa shape index (κ3) is 4.77. The van der Waals surface area contributed by atoms with Gasteiger partial charge in [-0.25, -0.2) is 13.1 Å². The quantitative estimate of drug-likeness (QED) is 0.752. The molecule has 0 bridgehead atoms. The summed E-state index contributed by atoms with van der Waals surface area (Å²) in [6.45, 7) is 0.803. The molecule has 1 atom stereocenters. The number of likely N-dealkylation sites (tertiary alicyclic amines) is 1. The summed E-state index contributed by atoms with van der Waals surface area (Å²) in [5, 5.41) is 2.81. The Balaban J connectivity index is 1.87. The maximum atomic E-state index is 12.0. The van der Waals surface area contributed by atoms with Crippen LogP contribution in [0.15, 0.2) is 24.3 Å². The van der Waals surface area contributed by atoms with Crippen molar-refractivity contribution in [3.05, 3.63) is 35.4 Å². The molecule has 0 aliphatic carbocycles. The van der Waals surface area contributed by atoms with E-state index in [0.717, 1.165) is 5.56 Å². The van der Waals surface area contributed by atoms with Crippen LogP contribution in [0.4, 0.5) is 0 Å². The summed E-state index contributed by atoms with van der Waals surface area (Å²) < 4.78 is 25.2. The molecule has 1 saturated heterocycles. The van der Waals surface area contributed by atoms with Gasteiger partial charge in [-0.15, -0.1) is 0 Å². The van der Waals surface area contributed by atoms with Crippen LogP contribution >= 0.6 is 0 Å². The monoisotopic (exact) mass is 339 g/mol. The molecule has 126 valence electrons. The zero-order valence-corrected chi connectivity index (χ0v) is 14.0. The fraction of sp³-hybridized carbons (Fsp3) is 0.467. The third-order valence-corrected chi connectivity index (χ3v) is 5.20. The fourth-order valence-electron chi connectivity index (χ4n) is 2.42. The molecule has 2 rings (SSSR count). The molecule has 1 unspecified atom stereocenters. The standard InChI is InChI=1S/C15H21N3O4S/c1-16-23(21,22)10-12-5-3-11(4-6-12)8-17-15(20)13-7-14(19)18(2)9-13/h3-6,13,16H,7-10H2,1-2H3,(H,17,20). The van der Waals surface area contributed by atoms with Crippen molar-refractivity contribution in [3.8, 4) is 0 Å². The van der Waals surface area contributed by atoms with Crippen LogP contribution in [0, 0.1) is 5.92 Å². The molecule has 1 heterocycles. The van der Waals surface area contributed by atoms with Gasteiger partial charge in [0.1, 0.15) is 0 Å². The summed E-state index contributed by atoms with van der Waals surface area (Å²) in [7, 11) is -0.222. The molecule has 0 saturated carbocycles. The van der Waals surface area contributed by atoms with Crippen LogP contribution in [0.3, 0.4) is 0 Å². The van der Waals surface area contributed by atoms with E-state index in [4.69, 9.17) is 0 Å². The number of hydrogen-bond acceptors (Lipinski definition) is 4.